The lowest BCUT2D eigenvalue weighted by molar-refractivity contribution is -0.122. The highest BCUT2D eigenvalue weighted by Crippen LogP contribution is 2.01. The lowest BCUT2D eigenvalue weighted by Gasteiger charge is -2.13. The normalized spacial score (nSPS) is 14.1. The molecule has 0 aliphatic rings. The van der Waals surface area contributed by atoms with Gasteiger partial charge in [0.15, 0.2) is 0 Å². The molecule has 100 valence electrons. The van der Waals surface area contributed by atoms with Crippen molar-refractivity contribution in [1.29, 1.82) is 0 Å². The number of nitrogens with one attached hydrogen (secondary N) is 3. The maximum absolute atomic E-state index is 11.4. The van der Waals surface area contributed by atoms with Gasteiger partial charge < -0.3 is 16.0 Å². The van der Waals surface area contributed by atoms with Crippen LogP contribution in [-0.4, -0.2) is 44.4 Å². The minimum absolute atomic E-state index is 0.0178. The van der Waals surface area contributed by atoms with Crippen molar-refractivity contribution in [2.24, 2.45) is 0 Å². The van der Waals surface area contributed by atoms with Gasteiger partial charge in [0.2, 0.25) is 5.91 Å². The number of hydrogen-bond acceptors (Lipinski definition) is 4. The molecule has 0 aromatic rings. The van der Waals surface area contributed by atoms with E-state index >= 15 is 0 Å². The Morgan fingerprint density at radius 1 is 1.12 bits per heavy atom. The van der Waals surface area contributed by atoms with Crippen molar-refractivity contribution in [2.45, 2.75) is 45.2 Å². The molecule has 0 spiro atoms. The van der Waals surface area contributed by atoms with Crippen molar-refractivity contribution >= 4 is 11.7 Å². The third kappa shape index (κ3) is 7.07. The maximum Gasteiger partial charge on any atom is 0.236 e. The first-order valence-electron chi connectivity index (χ1n) is 6.15. The van der Waals surface area contributed by atoms with E-state index in [1.807, 2.05) is 6.92 Å². The van der Waals surface area contributed by atoms with Gasteiger partial charge in [0.1, 0.15) is 5.78 Å². The lowest BCUT2D eigenvalue weighted by Crippen LogP contribution is -2.40. The van der Waals surface area contributed by atoms with Crippen LogP contribution in [0.2, 0.25) is 0 Å². The number of likely N-dealkylation sites (N-methyl/N-ethyl adjacent to an activating group) is 2. The van der Waals surface area contributed by atoms with Crippen LogP contribution in [0.4, 0.5) is 0 Å². The van der Waals surface area contributed by atoms with Crippen LogP contribution in [-0.2, 0) is 9.59 Å². The summed E-state index contributed by atoms with van der Waals surface area (Å²) in [6.45, 7) is 4.08. The zero-order valence-corrected chi connectivity index (χ0v) is 11.3. The van der Waals surface area contributed by atoms with Crippen LogP contribution in [0.1, 0.15) is 33.1 Å². The fourth-order valence-corrected chi connectivity index (χ4v) is 1.52. The molecule has 0 radical (unpaired) electrons. The number of rotatable bonds is 9. The zero-order valence-electron chi connectivity index (χ0n) is 11.3. The van der Waals surface area contributed by atoms with Crippen molar-refractivity contribution in [3.05, 3.63) is 0 Å². The van der Waals surface area contributed by atoms with Gasteiger partial charge >= 0.3 is 0 Å². The topological polar surface area (TPSA) is 70.2 Å². The van der Waals surface area contributed by atoms with E-state index in [0.717, 1.165) is 19.3 Å². The molecule has 1 amide bonds. The molecular weight excluding hydrogens is 218 g/mol. The van der Waals surface area contributed by atoms with E-state index in [2.05, 4.69) is 16.0 Å². The van der Waals surface area contributed by atoms with E-state index in [-0.39, 0.29) is 23.8 Å². The van der Waals surface area contributed by atoms with Gasteiger partial charge in [-0.3, -0.25) is 9.59 Å². The van der Waals surface area contributed by atoms with Gasteiger partial charge in [-0.15, -0.1) is 0 Å². The average Bonchev–Trinajstić information content (AvgIpc) is 2.31. The third-order valence-corrected chi connectivity index (χ3v) is 2.88. The van der Waals surface area contributed by atoms with Gasteiger partial charge in [0.05, 0.1) is 12.1 Å². The van der Waals surface area contributed by atoms with Crippen LogP contribution in [0.3, 0.4) is 0 Å². The zero-order chi connectivity index (χ0) is 13.3. The molecule has 0 aromatic heterocycles. The minimum atomic E-state index is -0.155. The van der Waals surface area contributed by atoms with Crippen molar-refractivity contribution in [3.8, 4) is 0 Å². The SMILES string of the molecule is CNC(C)C(=O)NCCCCC(NC)C(C)=O. The second-order valence-electron chi connectivity index (χ2n) is 4.25. The van der Waals surface area contributed by atoms with Crippen molar-refractivity contribution in [2.75, 3.05) is 20.6 Å². The van der Waals surface area contributed by atoms with Crippen LogP contribution in [0.25, 0.3) is 0 Å². The summed E-state index contributed by atoms with van der Waals surface area (Å²) in [7, 11) is 3.55. The quantitative estimate of drug-likeness (QED) is 0.501. The fraction of sp³-hybridized carbons (Fsp3) is 0.833. The first kappa shape index (κ1) is 16.1. The molecule has 2 unspecified atom stereocenters. The highest BCUT2D eigenvalue weighted by molar-refractivity contribution is 5.81. The summed E-state index contributed by atoms with van der Waals surface area (Å²) < 4.78 is 0. The number of amides is 1. The van der Waals surface area contributed by atoms with Crippen LogP contribution < -0.4 is 16.0 Å². The summed E-state index contributed by atoms with van der Waals surface area (Å²) in [5.41, 5.74) is 0. The third-order valence-electron chi connectivity index (χ3n) is 2.88. The maximum atomic E-state index is 11.4. The monoisotopic (exact) mass is 243 g/mol. The molecule has 17 heavy (non-hydrogen) atoms. The van der Waals surface area contributed by atoms with E-state index in [1.54, 1.807) is 21.0 Å². The van der Waals surface area contributed by atoms with E-state index in [4.69, 9.17) is 0 Å². The van der Waals surface area contributed by atoms with Gasteiger partial charge in [-0.05, 0) is 47.2 Å². The van der Waals surface area contributed by atoms with Crippen molar-refractivity contribution in [1.82, 2.24) is 16.0 Å². The van der Waals surface area contributed by atoms with Crippen molar-refractivity contribution in [3.63, 3.8) is 0 Å². The predicted octanol–water partition coefficient (Wildman–Crippen LogP) is 0.0578. The second-order valence-corrected chi connectivity index (χ2v) is 4.25. The van der Waals surface area contributed by atoms with E-state index in [1.165, 1.54) is 0 Å². The molecule has 0 aliphatic heterocycles. The van der Waals surface area contributed by atoms with Gasteiger partial charge in [-0.2, -0.15) is 0 Å². The Hall–Kier alpha value is -0.940. The number of hydrogen-bond donors (Lipinski definition) is 3. The van der Waals surface area contributed by atoms with Crippen molar-refractivity contribution < 1.29 is 9.59 Å². The molecule has 0 heterocycles. The van der Waals surface area contributed by atoms with Gasteiger partial charge in [-0.1, -0.05) is 0 Å². The fourth-order valence-electron chi connectivity index (χ4n) is 1.52. The molecule has 5 heteroatoms. The number of unbranched alkanes of at least 4 members (excludes halogenated alkanes) is 1. The Morgan fingerprint density at radius 2 is 1.76 bits per heavy atom. The van der Waals surface area contributed by atoms with Crippen LogP contribution in [0.5, 0.6) is 0 Å². The highest BCUT2D eigenvalue weighted by Gasteiger charge is 2.11. The summed E-state index contributed by atoms with van der Waals surface area (Å²) in [6, 6.07) is -0.209. The predicted molar refractivity (Wildman–Crippen MR) is 68.9 cm³/mol. The molecule has 0 saturated heterocycles. The number of Topliss-reactive ketones (excluding diaryl/α,β-unsaturated/α-hetero) is 1. The second kappa shape index (κ2) is 9.13. The Morgan fingerprint density at radius 3 is 2.24 bits per heavy atom. The largest absolute Gasteiger partial charge is 0.355 e. The Labute approximate surface area is 104 Å². The summed E-state index contributed by atoms with van der Waals surface area (Å²) in [5.74, 6) is 0.185. The standard InChI is InChI=1S/C12H25N3O2/c1-9(13-3)12(17)15-8-6-5-7-11(14-4)10(2)16/h9,11,13-14H,5-8H2,1-4H3,(H,15,17). The highest BCUT2D eigenvalue weighted by atomic mass is 16.2. The van der Waals surface area contributed by atoms with Gasteiger partial charge in [-0.25, -0.2) is 0 Å². The molecule has 5 nitrogen and oxygen atoms in total. The Kier molecular flexibility index (Phi) is 8.62. The number of ketones is 1. The van der Waals surface area contributed by atoms with Gasteiger partial charge in [0.25, 0.3) is 0 Å². The Balaban J connectivity index is 3.58. The van der Waals surface area contributed by atoms with Crippen LogP contribution in [0, 0.1) is 0 Å². The van der Waals surface area contributed by atoms with Crippen LogP contribution >= 0.6 is 0 Å². The number of carbonyl (C=O) groups excluding carboxylic acids is 2. The molecular formula is C12H25N3O2. The molecule has 3 N–H and O–H groups in total. The molecule has 0 bridgehead atoms. The van der Waals surface area contributed by atoms with E-state index in [9.17, 15) is 9.59 Å². The summed E-state index contributed by atoms with van der Waals surface area (Å²) in [4.78, 5) is 22.5. The summed E-state index contributed by atoms with van der Waals surface area (Å²) in [5, 5.41) is 8.71. The van der Waals surface area contributed by atoms with Crippen LogP contribution in [0.15, 0.2) is 0 Å². The molecule has 0 saturated carbocycles. The first-order chi connectivity index (χ1) is 8.02. The summed E-state index contributed by atoms with van der Waals surface area (Å²) in [6.07, 6.45) is 2.65. The molecule has 0 aliphatic carbocycles. The minimum Gasteiger partial charge on any atom is -0.355 e. The smallest absolute Gasteiger partial charge is 0.236 e. The molecule has 2 atom stereocenters. The average molecular weight is 243 g/mol. The molecule has 0 aromatic carbocycles. The molecule has 0 rings (SSSR count). The lowest BCUT2D eigenvalue weighted by atomic mass is 10.1. The van der Waals surface area contributed by atoms with E-state index < -0.39 is 0 Å². The Bertz CT molecular complexity index is 244. The van der Waals surface area contributed by atoms with E-state index in [0.29, 0.717) is 6.54 Å². The summed E-state index contributed by atoms with van der Waals surface area (Å²) >= 11 is 0. The van der Waals surface area contributed by atoms with Gasteiger partial charge in [0, 0.05) is 6.54 Å². The molecule has 0 fully saturated rings. The number of carbonyl (C=O) groups is 2. The first-order valence-corrected chi connectivity index (χ1v) is 6.15.